The van der Waals surface area contributed by atoms with Crippen LogP contribution in [0, 0.1) is 28.8 Å². The summed E-state index contributed by atoms with van der Waals surface area (Å²) in [6, 6.07) is 6.97. The summed E-state index contributed by atoms with van der Waals surface area (Å²) in [6.07, 6.45) is 0.598. The Morgan fingerprint density at radius 2 is 1.62 bits per heavy atom. The molecule has 0 aliphatic rings. The minimum Gasteiger partial charge on any atom is -0.209 e. The van der Waals surface area contributed by atoms with Gasteiger partial charge in [0.15, 0.2) is 5.83 Å². The van der Waals surface area contributed by atoms with Crippen LogP contribution in [0.4, 0.5) is 22.0 Å². The lowest BCUT2D eigenvalue weighted by Crippen LogP contribution is -1.99. The second kappa shape index (κ2) is 8.61. The first-order chi connectivity index (χ1) is 12.4. The van der Waals surface area contributed by atoms with Crippen LogP contribution in [0.3, 0.4) is 0 Å². The van der Waals surface area contributed by atoms with Crippen molar-refractivity contribution in [2.75, 3.05) is 0 Å². The molecule has 0 amide bonds. The maximum absolute atomic E-state index is 14.1. The average molecular weight is 365 g/mol. The van der Waals surface area contributed by atoms with Crippen molar-refractivity contribution < 1.29 is 22.0 Å². The van der Waals surface area contributed by atoms with E-state index in [1.165, 1.54) is 18.2 Å². The molecule has 0 atom stereocenters. The standard InChI is InChI=1S/C20H16F5N/c1-2-3-16(21)20(25)14-7-6-13(17(22)10-14)5-4-12-8-18(23)15(11-26)19(24)9-12/h6-10H,2-5H2,1H3/b20-16-. The zero-order valence-corrected chi connectivity index (χ0v) is 14.1. The smallest absolute Gasteiger partial charge is 0.161 e. The molecule has 0 radical (unpaired) electrons. The van der Waals surface area contributed by atoms with E-state index in [1.54, 1.807) is 6.92 Å². The maximum atomic E-state index is 14.1. The van der Waals surface area contributed by atoms with Crippen molar-refractivity contribution in [2.24, 2.45) is 0 Å². The fourth-order valence-corrected chi connectivity index (χ4v) is 2.53. The predicted octanol–water partition coefficient (Wildman–Crippen LogP) is 6.17. The highest BCUT2D eigenvalue weighted by Gasteiger charge is 2.13. The molecule has 26 heavy (non-hydrogen) atoms. The van der Waals surface area contributed by atoms with Crippen molar-refractivity contribution in [3.05, 3.63) is 75.9 Å². The summed E-state index contributed by atoms with van der Waals surface area (Å²) in [5.41, 5.74) is -0.376. The molecule has 0 heterocycles. The number of nitrogens with zero attached hydrogens (tertiary/aromatic N) is 1. The van der Waals surface area contributed by atoms with Gasteiger partial charge >= 0.3 is 0 Å². The molecule has 0 unspecified atom stereocenters. The van der Waals surface area contributed by atoms with E-state index >= 15 is 0 Å². The van der Waals surface area contributed by atoms with Gasteiger partial charge in [0.1, 0.15) is 34.9 Å². The topological polar surface area (TPSA) is 23.8 Å². The molecule has 6 heteroatoms. The molecule has 2 aromatic carbocycles. The third kappa shape index (κ3) is 4.48. The Morgan fingerprint density at radius 1 is 0.962 bits per heavy atom. The first kappa shape index (κ1) is 19.6. The SMILES string of the molecule is CCC/C(F)=C(/F)c1ccc(CCc2cc(F)c(C#N)c(F)c2)c(F)c1. The van der Waals surface area contributed by atoms with Gasteiger partial charge in [-0.3, -0.25) is 0 Å². The van der Waals surface area contributed by atoms with Crippen LogP contribution < -0.4 is 0 Å². The summed E-state index contributed by atoms with van der Waals surface area (Å²) >= 11 is 0. The van der Waals surface area contributed by atoms with Crippen molar-refractivity contribution in [3.8, 4) is 6.07 Å². The van der Waals surface area contributed by atoms with E-state index in [0.29, 0.717) is 6.42 Å². The number of benzene rings is 2. The van der Waals surface area contributed by atoms with Gasteiger partial charge in [-0.25, -0.2) is 22.0 Å². The molecule has 2 rings (SSSR count). The van der Waals surface area contributed by atoms with Gasteiger partial charge in [-0.2, -0.15) is 5.26 Å². The quantitative estimate of drug-likeness (QED) is 0.562. The Hall–Kier alpha value is -2.68. The molecule has 2 aromatic rings. The number of aryl methyl sites for hydroxylation is 2. The predicted molar refractivity (Wildman–Crippen MR) is 88.9 cm³/mol. The largest absolute Gasteiger partial charge is 0.209 e. The Morgan fingerprint density at radius 3 is 2.15 bits per heavy atom. The minimum absolute atomic E-state index is 0.0645. The summed E-state index contributed by atoms with van der Waals surface area (Å²) in [6.45, 7) is 1.70. The normalized spacial score (nSPS) is 11.9. The third-order valence-electron chi connectivity index (χ3n) is 3.91. The van der Waals surface area contributed by atoms with Crippen LogP contribution >= 0.6 is 0 Å². The van der Waals surface area contributed by atoms with E-state index in [1.807, 2.05) is 0 Å². The Kier molecular flexibility index (Phi) is 6.51. The highest BCUT2D eigenvalue weighted by atomic mass is 19.2. The maximum Gasteiger partial charge on any atom is 0.161 e. The van der Waals surface area contributed by atoms with Crippen molar-refractivity contribution in [1.82, 2.24) is 0 Å². The van der Waals surface area contributed by atoms with Crippen LogP contribution in [0.5, 0.6) is 0 Å². The van der Waals surface area contributed by atoms with Crippen LogP contribution in [0.15, 0.2) is 36.2 Å². The Balaban J connectivity index is 2.17. The highest BCUT2D eigenvalue weighted by Crippen LogP contribution is 2.26. The monoisotopic (exact) mass is 365 g/mol. The summed E-state index contributed by atoms with van der Waals surface area (Å²) in [5.74, 6) is -4.69. The Bertz CT molecular complexity index is 857. The van der Waals surface area contributed by atoms with Gasteiger partial charge in [0, 0.05) is 12.0 Å². The van der Waals surface area contributed by atoms with Gasteiger partial charge in [-0.1, -0.05) is 19.1 Å². The van der Waals surface area contributed by atoms with E-state index < -0.39 is 34.7 Å². The molecule has 0 saturated carbocycles. The number of nitriles is 1. The van der Waals surface area contributed by atoms with Crippen LogP contribution in [-0.2, 0) is 12.8 Å². The highest BCUT2D eigenvalue weighted by molar-refractivity contribution is 5.61. The van der Waals surface area contributed by atoms with E-state index in [2.05, 4.69) is 0 Å². The molecule has 136 valence electrons. The van der Waals surface area contributed by atoms with E-state index in [9.17, 15) is 22.0 Å². The summed E-state index contributed by atoms with van der Waals surface area (Å²) in [7, 11) is 0. The lowest BCUT2D eigenvalue weighted by molar-refractivity contribution is 0.558. The number of allylic oxidation sites excluding steroid dienone is 1. The lowest BCUT2D eigenvalue weighted by Gasteiger charge is -2.07. The van der Waals surface area contributed by atoms with Gasteiger partial charge in [0.05, 0.1) is 0 Å². The van der Waals surface area contributed by atoms with Gasteiger partial charge in [-0.15, -0.1) is 0 Å². The first-order valence-electron chi connectivity index (χ1n) is 8.08. The second-order valence-corrected chi connectivity index (χ2v) is 5.82. The molecular formula is C20H16F5N. The Labute approximate surface area is 148 Å². The molecule has 0 saturated heterocycles. The second-order valence-electron chi connectivity index (χ2n) is 5.82. The van der Waals surface area contributed by atoms with Crippen LogP contribution in [0.2, 0.25) is 0 Å². The van der Waals surface area contributed by atoms with Crippen LogP contribution in [0.1, 0.15) is 42.0 Å². The summed E-state index contributed by atoms with van der Waals surface area (Å²) in [5, 5.41) is 8.64. The van der Waals surface area contributed by atoms with Crippen molar-refractivity contribution in [3.63, 3.8) is 0 Å². The average Bonchev–Trinajstić information content (AvgIpc) is 2.60. The molecule has 0 spiro atoms. The molecule has 1 nitrogen and oxygen atoms in total. The first-order valence-corrected chi connectivity index (χ1v) is 8.08. The summed E-state index contributed by atoms with van der Waals surface area (Å²) in [4.78, 5) is 0. The van der Waals surface area contributed by atoms with E-state index in [0.717, 1.165) is 18.2 Å². The fraction of sp³-hybridized carbons (Fsp3) is 0.250. The number of hydrogen-bond acceptors (Lipinski definition) is 1. The van der Waals surface area contributed by atoms with E-state index in [4.69, 9.17) is 5.26 Å². The van der Waals surface area contributed by atoms with E-state index in [-0.39, 0.29) is 36.0 Å². The summed E-state index contributed by atoms with van der Waals surface area (Å²) < 4.78 is 68.7. The minimum atomic E-state index is -1.09. The van der Waals surface area contributed by atoms with Crippen molar-refractivity contribution >= 4 is 5.83 Å². The van der Waals surface area contributed by atoms with Crippen LogP contribution in [0.25, 0.3) is 5.83 Å². The lowest BCUT2D eigenvalue weighted by atomic mass is 10.0. The molecule has 0 fully saturated rings. The number of hydrogen-bond donors (Lipinski definition) is 0. The van der Waals surface area contributed by atoms with Crippen molar-refractivity contribution in [1.29, 1.82) is 5.26 Å². The molecule has 0 N–H and O–H groups in total. The van der Waals surface area contributed by atoms with Crippen LogP contribution in [-0.4, -0.2) is 0 Å². The van der Waals surface area contributed by atoms with Gasteiger partial charge < -0.3 is 0 Å². The fourth-order valence-electron chi connectivity index (χ4n) is 2.53. The zero-order chi connectivity index (χ0) is 19.3. The number of halogens is 5. The van der Waals surface area contributed by atoms with Crippen molar-refractivity contribution in [2.45, 2.75) is 32.6 Å². The molecular weight excluding hydrogens is 349 g/mol. The number of rotatable bonds is 6. The molecule has 0 bridgehead atoms. The van der Waals surface area contributed by atoms with Gasteiger partial charge in [-0.05, 0) is 48.6 Å². The van der Waals surface area contributed by atoms with Gasteiger partial charge in [0.25, 0.3) is 0 Å². The zero-order valence-electron chi connectivity index (χ0n) is 14.1. The van der Waals surface area contributed by atoms with Gasteiger partial charge in [0.2, 0.25) is 0 Å². The molecule has 0 aliphatic heterocycles. The third-order valence-corrected chi connectivity index (χ3v) is 3.91. The molecule has 0 aliphatic carbocycles. The molecule has 0 aromatic heterocycles.